The van der Waals surface area contributed by atoms with Crippen molar-refractivity contribution in [1.29, 1.82) is 10.5 Å². The zero-order valence-corrected chi connectivity index (χ0v) is 24.0. The van der Waals surface area contributed by atoms with Crippen LogP contribution in [0, 0.1) is 73.4 Å². The van der Waals surface area contributed by atoms with Gasteiger partial charge in [0, 0.05) is 23.3 Å². The minimum Gasteiger partial charge on any atom is -0.299 e. The molecule has 5 rings (SSSR count). The molecule has 1 N–H and O–H groups in total. The highest BCUT2D eigenvalue weighted by atomic mass is 16.1. The van der Waals surface area contributed by atoms with Crippen LogP contribution in [-0.4, -0.2) is 23.7 Å². The predicted octanol–water partition coefficient (Wildman–Crippen LogP) is 6.15. The highest BCUT2D eigenvalue weighted by Crippen LogP contribution is 2.74. The summed E-state index contributed by atoms with van der Waals surface area (Å²) in [6.07, 6.45) is 9.59. The molecule has 0 saturated heterocycles. The molecule has 0 bridgehead atoms. The van der Waals surface area contributed by atoms with Gasteiger partial charge in [0.2, 0.25) is 0 Å². The second kappa shape index (κ2) is 8.02. The van der Waals surface area contributed by atoms with E-state index in [4.69, 9.17) is 0 Å². The van der Waals surface area contributed by atoms with Crippen molar-refractivity contribution in [2.75, 3.05) is 6.54 Å². The number of nitriles is 2. The lowest BCUT2D eigenvalue weighted by Crippen LogP contribution is -2.71. The van der Waals surface area contributed by atoms with Crippen molar-refractivity contribution in [2.24, 2.45) is 50.7 Å². The van der Waals surface area contributed by atoms with Gasteiger partial charge in [-0.15, -0.1) is 0 Å². The third-order valence-electron chi connectivity index (χ3n) is 13.0. The molecule has 37 heavy (non-hydrogen) atoms. The van der Waals surface area contributed by atoms with E-state index >= 15 is 0 Å². The lowest BCUT2D eigenvalue weighted by molar-refractivity contribution is -0.215. The zero-order valence-electron chi connectivity index (χ0n) is 24.0. The van der Waals surface area contributed by atoms with Crippen LogP contribution in [0.15, 0.2) is 11.6 Å². The van der Waals surface area contributed by atoms with Crippen LogP contribution in [0.4, 0.5) is 0 Å². The quantitative estimate of drug-likeness (QED) is 0.456. The first-order valence-corrected chi connectivity index (χ1v) is 14.4. The minimum absolute atomic E-state index is 0.0222. The summed E-state index contributed by atoms with van der Waals surface area (Å²) in [5, 5.41) is 23.0. The maximum absolute atomic E-state index is 14.5. The van der Waals surface area contributed by atoms with E-state index in [9.17, 15) is 20.1 Å². The number of carbonyl (C=O) groups is 2. The van der Waals surface area contributed by atoms with Gasteiger partial charge in [-0.25, -0.2) is 0 Å². The van der Waals surface area contributed by atoms with Crippen LogP contribution in [0.2, 0.25) is 0 Å². The SMILES string of the molecule is CC1(C)CC[C@]2(NCC#N)CC[C@]3(C)[C@H](C(=O)C[C@@H]4[C@@]5(C)C=C(C#N)C(=O)C(C)(C)C5CC[C@]43C)[C@@H]2C1. The predicted molar refractivity (Wildman–Crippen MR) is 143 cm³/mol. The molecule has 8 atom stereocenters. The van der Waals surface area contributed by atoms with E-state index in [0.717, 1.165) is 44.9 Å². The number of hydrogen-bond donors (Lipinski definition) is 1. The van der Waals surface area contributed by atoms with E-state index in [1.165, 1.54) is 0 Å². The van der Waals surface area contributed by atoms with Crippen LogP contribution in [0.5, 0.6) is 0 Å². The molecule has 5 aliphatic rings. The number of nitrogens with zero attached hydrogens (tertiary/aromatic N) is 2. The van der Waals surface area contributed by atoms with Crippen molar-refractivity contribution >= 4 is 11.6 Å². The Balaban J connectivity index is 1.62. The first-order chi connectivity index (χ1) is 17.1. The van der Waals surface area contributed by atoms with Crippen LogP contribution >= 0.6 is 0 Å². The van der Waals surface area contributed by atoms with Crippen molar-refractivity contribution in [3.63, 3.8) is 0 Å². The summed E-state index contributed by atoms with van der Waals surface area (Å²) < 4.78 is 0. The number of Topliss-reactive ketones (excluding diaryl/α,β-unsaturated/α-hetero) is 2. The number of carbonyl (C=O) groups excluding carboxylic acids is 2. The fourth-order valence-electron chi connectivity index (χ4n) is 10.8. The van der Waals surface area contributed by atoms with Gasteiger partial charge >= 0.3 is 0 Å². The topological polar surface area (TPSA) is 93.8 Å². The Hall–Kier alpha value is -1.98. The molecule has 0 spiro atoms. The highest BCUT2D eigenvalue weighted by Gasteiger charge is 2.72. The van der Waals surface area contributed by atoms with Crippen molar-refractivity contribution in [1.82, 2.24) is 5.32 Å². The van der Waals surface area contributed by atoms with E-state index in [-0.39, 0.29) is 62.2 Å². The molecule has 0 heterocycles. The summed E-state index contributed by atoms with van der Waals surface area (Å²) in [6, 6.07) is 4.53. The fraction of sp³-hybridized carbons (Fsp3) is 0.812. The van der Waals surface area contributed by atoms with E-state index in [1.54, 1.807) is 0 Å². The summed E-state index contributed by atoms with van der Waals surface area (Å²) in [6.45, 7) is 16.1. The van der Waals surface area contributed by atoms with E-state index < -0.39 is 5.41 Å². The molecule has 5 nitrogen and oxygen atoms in total. The highest BCUT2D eigenvalue weighted by molar-refractivity contribution is 6.04. The fourth-order valence-corrected chi connectivity index (χ4v) is 10.8. The molecule has 0 radical (unpaired) electrons. The molecular formula is C32H45N3O2. The van der Waals surface area contributed by atoms with E-state index in [0.29, 0.717) is 18.7 Å². The molecule has 200 valence electrons. The molecule has 1 unspecified atom stereocenters. The summed E-state index contributed by atoms with van der Waals surface area (Å²) in [5.74, 6) is 0.783. The molecule has 0 aromatic heterocycles. The average molecular weight is 504 g/mol. The van der Waals surface area contributed by atoms with Crippen LogP contribution < -0.4 is 5.32 Å². The third-order valence-corrected chi connectivity index (χ3v) is 13.0. The average Bonchev–Trinajstić information content (AvgIpc) is 2.82. The van der Waals surface area contributed by atoms with Crippen molar-refractivity contribution < 1.29 is 9.59 Å². The Kier molecular flexibility index (Phi) is 5.77. The molecule has 5 aliphatic carbocycles. The van der Waals surface area contributed by atoms with Gasteiger partial charge in [0.15, 0.2) is 5.78 Å². The Morgan fingerprint density at radius 3 is 2.24 bits per heavy atom. The summed E-state index contributed by atoms with van der Waals surface area (Å²) in [4.78, 5) is 27.7. The van der Waals surface area contributed by atoms with Crippen LogP contribution in [0.25, 0.3) is 0 Å². The third kappa shape index (κ3) is 3.35. The Morgan fingerprint density at radius 1 is 0.919 bits per heavy atom. The normalized spacial score (nSPS) is 47.8. The molecule has 0 aromatic rings. The lowest BCUT2D eigenvalue weighted by Gasteiger charge is -2.72. The molecule has 4 saturated carbocycles. The van der Waals surface area contributed by atoms with E-state index in [2.05, 4.69) is 52.1 Å². The van der Waals surface area contributed by atoms with Gasteiger partial charge in [0.05, 0.1) is 18.2 Å². The monoisotopic (exact) mass is 503 g/mol. The molecule has 4 fully saturated rings. The number of nitrogens with one attached hydrogen (secondary N) is 1. The van der Waals surface area contributed by atoms with Gasteiger partial charge in [-0.3, -0.25) is 14.9 Å². The Labute approximate surface area is 223 Å². The molecule has 5 heteroatoms. The van der Waals surface area contributed by atoms with Gasteiger partial charge < -0.3 is 0 Å². The summed E-state index contributed by atoms with van der Waals surface area (Å²) in [7, 11) is 0. The molecular weight excluding hydrogens is 458 g/mol. The largest absolute Gasteiger partial charge is 0.299 e. The smallest absolute Gasteiger partial charge is 0.178 e. The number of hydrogen-bond acceptors (Lipinski definition) is 5. The zero-order chi connectivity index (χ0) is 27.2. The standard InChI is InChI=1S/C32H45N3O2/c1-27(2)10-12-32(35-15-14-33)13-11-31(7)25(21(32)18-27)22(36)16-24-29(5)17-20(19-34)26(37)28(3,4)23(29)8-9-30(24,31)6/h17,21,23-25,35H,8-13,15-16,18H2,1-7H3/t21-,23?,24+,25-,29-,30+,31+,32-/m0/s1. The maximum atomic E-state index is 14.5. The van der Waals surface area contributed by atoms with Gasteiger partial charge in [0.1, 0.15) is 11.9 Å². The van der Waals surface area contributed by atoms with Gasteiger partial charge in [0.25, 0.3) is 0 Å². The summed E-state index contributed by atoms with van der Waals surface area (Å²) in [5.41, 5.74) is -0.851. The van der Waals surface area contributed by atoms with Gasteiger partial charge in [-0.2, -0.15) is 10.5 Å². The number of ketones is 2. The van der Waals surface area contributed by atoms with Gasteiger partial charge in [-0.05, 0) is 84.4 Å². The van der Waals surface area contributed by atoms with Crippen molar-refractivity contribution in [3.05, 3.63) is 11.6 Å². The van der Waals surface area contributed by atoms with Crippen molar-refractivity contribution in [2.45, 2.75) is 105 Å². The number of rotatable bonds is 2. The van der Waals surface area contributed by atoms with Gasteiger partial charge in [-0.1, -0.05) is 54.5 Å². The lowest BCUT2D eigenvalue weighted by atomic mass is 9.32. The number of fused-ring (bicyclic) bond motifs is 7. The Morgan fingerprint density at radius 2 is 1.59 bits per heavy atom. The second-order valence-electron chi connectivity index (χ2n) is 15.4. The molecule has 0 amide bonds. The van der Waals surface area contributed by atoms with Crippen LogP contribution in [0.3, 0.4) is 0 Å². The van der Waals surface area contributed by atoms with Crippen LogP contribution in [0.1, 0.15) is 99.8 Å². The summed E-state index contributed by atoms with van der Waals surface area (Å²) >= 11 is 0. The maximum Gasteiger partial charge on any atom is 0.178 e. The number of allylic oxidation sites excluding steroid dienone is 2. The first-order valence-electron chi connectivity index (χ1n) is 14.4. The van der Waals surface area contributed by atoms with Crippen molar-refractivity contribution in [3.8, 4) is 12.1 Å². The first kappa shape index (κ1) is 26.6. The molecule has 0 aromatic carbocycles. The van der Waals surface area contributed by atoms with E-state index in [1.807, 2.05) is 19.9 Å². The Bertz CT molecular complexity index is 1150. The van der Waals surface area contributed by atoms with Crippen LogP contribution in [-0.2, 0) is 9.59 Å². The molecule has 0 aliphatic heterocycles. The second-order valence-corrected chi connectivity index (χ2v) is 15.4. The minimum atomic E-state index is -0.604.